The molecule has 0 aromatic carbocycles. The lowest BCUT2D eigenvalue weighted by Gasteiger charge is -1.99. The molecule has 6 N–H and O–H groups in total. The Morgan fingerprint density at radius 1 is 1.46 bits per heavy atom. The molecule has 1 aromatic rings. The maximum Gasteiger partial charge on any atom is 0.276 e. The monoisotopic (exact) mass is 206 g/mol. The molecule has 0 unspecified atom stereocenters. The summed E-state index contributed by atoms with van der Waals surface area (Å²) in [7, 11) is -4.29. The first-order valence-electron chi connectivity index (χ1n) is 2.94. The molecule has 0 saturated carbocycles. The average molecular weight is 206 g/mol. The Balaban J connectivity index is 3.67. The molecule has 13 heavy (non-hydrogen) atoms. The first-order valence-corrected chi connectivity index (χ1v) is 4.48. The number of nitrogens with one attached hydrogen (secondary N) is 1. The van der Waals surface area contributed by atoms with E-state index in [0.29, 0.717) is 0 Å². The third kappa shape index (κ3) is 1.76. The minimum atomic E-state index is -4.29. The van der Waals surface area contributed by atoms with Gasteiger partial charge in [0.05, 0.1) is 0 Å². The fourth-order valence-corrected chi connectivity index (χ4v) is 1.33. The molecule has 0 radical (unpaired) electrons. The summed E-state index contributed by atoms with van der Waals surface area (Å²) in [5.74, 6) is -1.40. The minimum absolute atomic E-state index is 0.394. The third-order valence-corrected chi connectivity index (χ3v) is 2.10. The van der Waals surface area contributed by atoms with Gasteiger partial charge in [0.25, 0.3) is 5.56 Å². The van der Waals surface area contributed by atoms with Crippen LogP contribution < -0.4 is 16.4 Å². The van der Waals surface area contributed by atoms with Gasteiger partial charge in [-0.2, -0.15) is 4.98 Å². The second-order valence-electron chi connectivity index (χ2n) is 2.15. The molecule has 0 amide bonds. The van der Waals surface area contributed by atoms with Gasteiger partial charge in [-0.05, 0) is 0 Å². The molecule has 72 valence electrons. The molecule has 0 aliphatic heterocycles. The van der Waals surface area contributed by atoms with E-state index in [0.717, 1.165) is 0 Å². The highest BCUT2D eigenvalue weighted by Gasteiger charge is 2.20. The van der Waals surface area contributed by atoms with Crippen LogP contribution in [-0.2, 0) is 10.0 Å². The number of primary sulfonamides is 1. The molecule has 0 fully saturated rings. The van der Waals surface area contributed by atoms with E-state index >= 15 is 0 Å². The number of aromatic amines is 1. The van der Waals surface area contributed by atoms with Crippen molar-refractivity contribution < 1.29 is 13.5 Å². The molecule has 1 heterocycles. The summed E-state index contributed by atoms with van der Waals surface area (Å²) in [6.07, 6.45) is 0. The number of hydrogen-bond acceptors (Lipinski definition) is 6. The van der Waals surface area contributed by atoms with Gasteiger partial charge in [0.1, 0.15) is 0 Å². The fourth-order valence-electron chi connectivity index (χ4n) is 0.724. The van der Waals surface area contributed by atoms with Crippen molar-refractivity contribution >= 4 is 16.0 Å². The van der Waals surface area contributed by atoms with E-state index in [2.05, 4.69) is 10.1 Å². The summed E-state index contributed by atoms with van der Waals surface area (Å²) in [5, 5.41) is 13.6. The number of aromatic hydroxyl groups is 1. The first kappa shape index (κ1) is 9.48. The number of H-pyrrole nitrogens is 1. The molecular weight excluding hydrogens is 200 g/mol. The number of nitrogen functional groups attached to an aromatic ring is 1. The van der Waals surface area contributed by atoms with Crippen LogP contribution in [0.1, 0.15) is 0 Å². The van der Waals surface area contributed by atoms with Gasteiger partial charge in [-0.1, -0.05) is 0 Å². The van der Waals surface area contributed by atoms with Crippen LogP contribution >= 0.6 is 0 Å². The predicted molar refractivity (Wildman–Crippen MR) is 42.3 cm³/mol. The number of sulfonamides is 1. The normalized spacial score (nSPS) is 11.5. The Kier molecular flexibility index (Phi) is 1.97. The van der Waals surface area contributed by atoms with Crippen molar-refractivity contribution in [2.45, 2.75) is 4.90 Å². The Morgan fingerprint density at radius 2 is 2.00 bits per heavy atom. The Morgan fingerprint density at radius 3 is 2.38 bits per heavy atom. The smallest absolute Gasteiger partial charge is 0.276 e. The highest BCUT2D eigenvalue weighted by molar-refractivity contribution is 7.89. The Hall–Kier alpha value is -1.61. The lowest BCUT2D eigenvalue weighted by molar-refractivity contribution is 0.433. The molecule has 0 spiro atoms. The Labute approximate surface area is 72.3 Å². The molecule has 9 heteroatoms. The van der Waals surface area contributed by atoms with E-state index < -0.39 is 32.3 Å². The molecule has 1 aromatic heterocycles. The van der Waals surface area contributed by atoms with Gasteiger partial charge < -0.3 is 10.8 Å². The first-order chi connectivity index (χ1) is 5.82. The van der Waals surface area contributed by atoms with Crippen molar-refractivity contribution in [1.29, 1.82) is 0 Å². The van der Waals surface area contributed by atoms with E-state index in [1.54, 1.807) is 0 Å². The molecular formula is C4H6N4O4S. The highest BCUT2D eigenvalue weighted by Crippen LogP contribution is 2.12. The zero-order chi connectivity index (χ0) is 10.2. The van der Waals surface area contributed by atoms with Crippen LogP contribution in [0.15, 0.2) is 9.69 Å². The molecule has 0 saturated heterocycles. The number of rotatable bonds is 1. The lowest BCUT2D eigenvalue weighted by Crippen LogP contribution is -2.24. The summed E-state index contributed by atoms with van der Waals surface area (Å²) < 4.78 is 21.4. The van der Waals surface area contributed by atoms with Gasteiger partial charge in [0.2, 0.25) is 26.7 Å². The fraction of sp³-hybridized carbons (Fsp3) is 0. The van der Waals surface area contributed by atoms with Crippen LogP contribution in [0, 0.1) is 0 Å². The van der Waals surface area contributed by atoms with Crippen LogP contribution in [0.2, 0.25) is 0 Å². The molecule has 0 atom stereocenters. The maximum absolute atomic E-state index is 10.9. The Bertz CT molecular complexity index is 489. The molecule has 0 bridgehead atoms. The van der Waals surface area contributed by atoms with E-state index in [-0.39, 0.29) is 0 Å². The summed E-state index contributed by atoms with van der Waals surface area (Å²) in [5.41, 5.74) is 3.91. The summed E-state index contributed by atoms with van der Waals surface area (Å²) in [6, 6.07) is 0. The number of aromatic nitrogens is 2. The number of anilines is 1. The van der Waals surface area contributed by atoms with Crippen LogP contribution in [0.4, 0.5) is 5.95 Å². The summed E-state index contributed by atoms with van der Waals surface area (Å²) in [6.45, 7) is 0. The van der Waals surface area contributed by atoms with E-state index in [4.69, 9.17) is 10.8 Å². The van der Waals surface area contributed by atoms with Crippen molar-refractivity contribution in [2.24, 2.45) is 5.14 Å². The highest BCUT2D eigenvalue weighted by atomic mass is 32.2. The zero-order valence-electron chi connectivity index (χ0n) is 6.18. The number of nitrogens with zero attached hydrogens (tertiary/aromatic N) is 1. The van der Waals surface area contributed by atoms with Gasteiger partial charge in [0.15, 0.2) is 0 Å². The lowest BCUT2D eigenvalue weighted by atomic mass is 10.6. The van der Waals surface area contributed by atoms with Crippen molar-refractivity contribution in [3.05, 3.63) is 10.4 Å². The van der Waals surface area contributed by atoms with Crippen molar-refractivity contribution in [1.82, 2.24) is 9.97 Å². The van der Waals surface area contributed by atoms with Crippen LogP contribution in [0.5, 0.6) is 5.88 Å². The molecule has 8 nitrogen and oxygen atoms in total. The van der Waals surface area contributed by atoms with E-state index in [1.165, 1.54) is 0 Å². The SMILES string of the molecule is Nc1nc(O)c(S(N)(=O)=O)c(=O)[nH]1. The van der Waals surface area contributed by atoms with Crippen molar-refractivity contribution in [2.75, 3.05) is 5.73 Å². The number of hydrogen-bond donors (Lipinski definition) is 4. The van der Waals surface area contributed by atoms with Gasteiger partial charge >= 0.3 is 0 Å². The minimum Gasteiger partial charge on any atom is -0.492 e. The largest absolute Gasteiger partial charge is 0.492 e. The molecule has 0 aliphatic rings. The predicted octanol–water partition coefficient (Wildman–Crippen LogP) is -2.29. The van der Waals surface area contributed by atoms with Crippen LogP contribution in [-0.4, -0.2) is 23.5 Å². The molecule has 0 aliphatic carbocycles. The van der Waals surface area contributed by atoms with Gasteiger partial charge in [-0.25, -0.2) is 13.6 Å². The van der Waals surface area contributed by atoms with Crippen molar-refractivity contribution in [3.63, 3.8) is 0 Å². The standard InChI is InChI=1S/C4H6N4O4S/c5-4-7-2(9)1(3(10)8-4)13(6,11)12/h(H2,6,11,12)(H4,5,7,8,9,10). The zero-order valence-corrected chi connectivity index (χ0v) is 7.00. The van der Waals surface area contributed by atoms with Gasteiger partial charge in [-0.15, -0.1) is 0 Å². The van der Waals surface area contributed by atoms with Gasteiger partial charge in [0, 0.05) is 0 Å². The van der Waals surface area contributed by atoms with Crippen molar-refractivity contribution in [3.8, 4) is 5.88 Å². The second kappa shape index (κ2) is 2.71. The maximum atomic E-state index is 10.9. The van der Waals surface area contributed by atoms with E-state index in [9.17, 15) is 13.2 Å². The topological polar surface area (TPSA) is 152 Å². The second-order valence-corrected chi connectivity index (χ2v) is 3.65. The van der Waals surface area contributed by atoms with Crippen LogP contribution in [0.3, 0.4) is 0 Å². The quantitative estimate of drug-likeness (QED) is 0.405. The van der Waals surface area contributed by atoms with E-state index in [1.807, 2.05) is 4.98 Å². The third-order valence-electron chi connectivity index (χ3n) is 1.16. The van der Waals surface area contributed by atoms with Crippen LogP contribution in [0.25, 0.3) is 0 Å². The summed E-state index contributed by atoms with van der Waals surface area (Å²) in [4.78, 5) is 14.9. The summed E-state index contributed by atoms with van der Waals surface area (Å²) >= 11 is 0. The average Bonchev–Trinajstić information content (AvgIpc) is 1.78. The number of nitrogens with two attached hydrogens (primary N) is 2. The molecule has 1 rings (SSSR count). The van der Waals surface area contributed by atoms with Gasteiger partial charge in [-0.3, -0.25) is 9.78 Å².